The molecule has 4 nitrogen and oxygen atoms in total. The van der Waals surface area contributed by atoms with Crippen molar-refractivity contribution in [1.82, 2.24) is 19.7 Å². The maximum Gasteiger partial charge on any atom is 0.417 e. The summed E-state index contributed by atoms with van der Waals surface area (Å²) in [6.07, 6.45) is -2.12. The SMILES string of the molecule is CC1Cn2c(nnc2C2CC2)CN1Cc1cccc(C(F)(F)F)c1Cl. The molecule has 0 amide bonds. The molecule has 1 unspecified atom stereocenters. The van der Waals surface area contributed by atoms with E-state index in [0.717, 1.165) is 37.1 Å². The average Bonchev–Trinajstić information content (AvgIpc) is 3.30. The summed E-state index contributed by atoms with van der Waals surface area (Å²) in [6, 6.07) is 4.25. The first-order valence-corrected chi connectivity index (χ1v) is 8.73. The number of hydrogen-bond acceptors (Lipinski definition) is 3. The van der Waals surface area contributed by atoms with Crippen molar-refractivity contribution in [3.63, 3.8) is 0 Å². The van der Waals surface area contributed by atoms with E-state index in [-0.39, 0.29) is 11.1 Å². The lowest BCUT2D eigenvalue weighted by molar-refractivity contribution is -0.137. The van der Waals surface area contributed by atoms with Gasteiger partial charge < -0.3 is 4.57 Å². The van der Waals surface area contributed by atoms with Crippen molar-refractivity contribution in [2.24, 2.45) is 0 Å². The van der Waals surface area contributed by atoms with E-state index in [2.05, 4.69) is 26.6 Å². The van der Waals surface area contributed by atoms with E-state index in [9.17, 15) is 13.2 Å². The number of halogens is 4. The van der Waals surface area contributed by atoms with Gasteiger partial charge in [0.05, 0.1) is 17.1 Å². The van der Waals surface area contributed by atoms with Crippen molar-refractivity contribution in [3.8, 4) is 0 Å². The number of nitrogens with zero attached hydrogens (tertiary/aromatic N) is 4. The van der Waals surface area contributed by atoms with Gasteiger partial charge in [0.1, 0.15) is 11.6 Å². The summed E-state index contributed by atoms with van der Waals surface area (Å²) in [5.41, 5.74) is -0.297. The Balaban J connectivity index is 1.57. The Bertz CT molecular complexity index is 798. The molecule has 1 aromatic carbocycles. The van der Waals surface area contributed by atoms with E-state index >= 15 is 0 Å². The van der Waals surface area contributed by atoms with Gasteiger partial charge in [-0.15, -0.1) is 10.2 Å². The zero-order valence-electron chi connectivity index (χ0n) is 13.7. The van der Waals surface area contributed by atoms with Gasteiger partial charge in [-0.05, 0) is 31.4 Å². The highest BCUT2D eigenvalue weighted by molar-refractivity contribution is 6.32. The summed E-state index contributed by atoms with van der Waals surface area (Å²) >= 11 is 6.03. The van der Waals surface area contributed by atoms with Crippen LogP contribution in [0.3, 0.4) is 0 Å². The predicted molar refractivity (Wildman–Crippen MR) is 87.2 cm³/mol. The van der Waals surface area contributed by atoms with Crippen molar-refractivity contribution in [2.45, 2.75) is 57.5 Å². The zero-order valence-corrected chi connectivity index (χ0v) is 14.5. The summed E-state index contributed by atoms with van der Waals surface area (Å²) in [6.45, 7) is 3.74. The summed E-state index contributed by atoms with van der Waals surface area (Å²) in [5, 5.41) is 8.38. The molecule has 1 aliphatic carbocycles. The molecular formula is C17H18ClF3N4. The molecule has 25 heavy (non-hydrogen) atoms. The zero-order chi connectivity index (χ0) is 17.8. The number of fused-ring (bicyclic) bond motifs is 1. The second-order valence-corrected chi connectivity index (χ2v) is 7.27. The monoisotopic (exact) mass is 370 g/mol. The molecule has 2 heterocycles. The molecule has 1 atom stereocenters. The number of alkyl halides is 3. The van der Waals surface area contributed by atoms with E-state index in [0.29, 0.717) is 24.6 Å². The fourth-order valence-corrected chi connectivity index (χ4v) is 3.67. The first-order chi connectivity index (χ1) is 11.8. The molecule has 2 aliphatic rings. The molecule has 1 fully saturated rings. The fraction of sp³-hybridized carbons (Fsp3) is 0.529. The summed E-state index contributed by atoms with van der Waals surface area (Å²) in [4.78, 5) is 2.10. The van der Waals surface area contributed by atoms with Crippen LogP contribution in [0.15, 0.2) is 18.2 Å². The second-order valence-electron chi connectivity index (χ2n) is 6.89. The molecule has 0 N–H and O–H groups in total. The first kappa shape index (κ1) is 16.8. The summed E-state index contributed by atoms with van der Waals surface area (Å²) < 4.78 is 41.3. The topological polar surface area (TPSA) is 34.0 Å². The largest absolute Gasteiger partial charge is 0.417 e. The van der Waals surface area contributed by atoms with Gasteiger partial charge in [0, 0.05) is 25.0 Å². The van der Waals surface area contributed by atoms with Crippen LogP contribution < -0.4 is 0 Å². The van der Waals surface area contributed by atoms with Crippen LogP contribution in [0, 0.1) is 0 Å². The molecule has 4 rings (SSSR count). The minimum Gasteiger partial charge on any atom is -0.312 e. The quantitative estimate of drug-likeness (QED) is 0.810. The number of aromatic nitrogens is 3. The standard InChI is InChI=1S/C17H18ClF3N4/c1-10-7-25-14(22-23-16(25)11-5-6-11)9-24(10)8-12-3-2-4-13(15(12)18)17(19,20)21/h2-4,10-11H,5-9H2,1H3. The van der Waals surface area contributed by atoms with Gasteiger partial charge in [-0.2, -0.15) is 13.2 Å². The Kier molecular flexibility index (Phi) is 4.03. The van der Waals surface area contributed by atoms with Gasteiger partial charge in [0.15, 0.2) is 0 Å². The lowest BCUT2D eigenvalue weighted by Crippen LogP contribution is -2.41. The number of rotatable bonds is 3. The van der Waals surface area contributed by atoms with Gasteiger partial charge in [-0.1, -0.05) is 23.7 Å². The van der Waals surface area contributed by atoms with E-state index in [4.69, 9.17) is 11.6 Å². The lowest BCUT2D eigenvalue weighted by atomic mass is 10.1. The Morgan fingerprint density at radius 1 is 1.24 bits per heavy atom. The normalized spacial score (nSPS) is 21.4. The molecule has 2 aromatic rings. The van der Waals surface area contributed by atoms with E-state index in [1.54, 1.807) is 6.07 Å². The third kappa shape index (κ3) is 3.15. The van der Waals surface area contributed by atoms with Crippen molar-refractivity contribution in [1.29, 1.82) is 0 Å². The summed E-state index contributed by atoms with van der Waals surface area (Å²) in [7, 11) is 0. The second kappa shape index (κ2) is 5.99. The van der Waals surface area contributed by atoms with E-state index < -0.39 is 11.7 Å². The molecule has 0 saturated heterocycles. The Hall–Kier alpha value is -1.60. The van der Waals surface area contributed by atoms with E-state index in [1.807, 2.05) is 0 Å². The maximum atomic E-state index is 13.0. The third-order valence-electron chi connectivity index (χ3n) is 4.97. The predicted octanol–water partition coefficient (Wildman–Crippen LogP) is 4.23. The fourth-order valence-electron chi connectivity index (χ4n) is 3.38. The number of benzene rings is 1. The van der Waals surface area contributed by atoms with Gasteiger partial charge in [0.2, 0.25) is 0 Å². The smallest absolute Gasteiger partial charge is 0.312 e. The van der Waals surface area contributed by atoms with Gasteiger partial charge in [-0.3, -0.25) is 4.90 Å². The molecule has 0 spiro atoms. The molecule has 1 saturated carbocycles. The van der Waals surface area contributed by atoms with Gasteiger partial charge in [-0.25, -0.2) is 0 Å². The summed E-state index contributed by atoms with van der Waals surface area (Å²) in [5.74, 6) is 2.46. The molecule has 0 bridgehead atoms. The minimum atomic E-state index is -4.44. The van der Waals surface area contributed by atoms with Crippen molar-refractivity contribution < 1.29 is 13.2 Å². The van der Waals surface area contributed by atoms with Crippen LogP contribution in [0.4, 0.5) is 13.2 Å². The van der Waals surface area contributed by atoms with Crippen LogP contribution in [0.1, 0.15) is 48.5 Å². The number of hydrogen-bond donors (Lipinski definition) is 0. The Morgan fingerprint density at radius 3 is 2.68 bits per heavy atom. The molecular weight excluding hydrogens is 353 g/mol. The van der Waals surface area contributed by atoms with Gasteiger partial charge >= 0.3 is 6.18 Å². The van der Waals surface area contributed by atoms with Crippen molar-refractivity contribution in [3.05, 3.63) is 46.0 Å². The highest BCUT2D eigenvalue weighted by atomic mass is 35.5. The molecule has 8 heteroatoms. The van der Waals surface area contributed by atoms with E-state index in [1.165, 1.54) is 6.07 Å². The first-order valence-electron chi connectivity index (χ1n) is 8.35. The van der Waals surface area contributed by atoms with Crippen molar-refractivity contribution in [2.75, 3.05) is 0 Å². The van der Waals surface area contributed by atoms with Crippen LogP contribution in [0.5, 0.6) is 0 Å². The van der Waals surface area contributed by atoms with Crippen LogP contribution in [-0.2, 0) is 25.8 Å². The molecule has 1 aromatic heterocycles. The molecule has 1 aliphatic heterocycles. The van der Waals surface area contributed by atoms with Crippen LogP contribution in [-0.4, -0.2) is 25.7 Å². The highest BCUT2D eigenvalue weighted by Gasteiger charge is 2.36. The molecule has 0 radical (unpaired) electrons. The van der Waals surface area contributed by atoms with Crippen LogP contribution >= 0.6 is 11.6 Å². The lowest BCUT2D eigenvalue weighted by Gasteiger charge is -2.34. The minimum absolute atomic E-state index is 0.173. The highest BCUT2D eigenvalue weighted by Crippen LogP contribution is 2.40. The Labute approximate surface area is 148 Å². The van der Waals surface area contributed by atoms with Crippen molar-refractivity contribution >= 4 is 11.6 Å². The third-order valence-corrected chi connectivity index (χ3v) is 5.42. The van der Waals surface area contributed by atoms with Crippen LogP contribution in [0.25, 0.3) is 0 Å². The Morgan fingerprint density at radius 2 is 2.00 bits per heavy atom. The van der Waals surface area contributed by atoms with Crippen LogP contribution in [0.2, 0.25) is 5.02 Å². The maximum absolute atomic E-state index is 13.0. The van der Waals surface area contributed by atoms with Gasteiger partial charge in [0.25, 0.3) is 0 Å². The molecule has 134 valence electrons. The average molecular weight is 371 g/mol.